The van der Waals surface area contributed by atoms with E-state index in [0.717, 1.165) is 25.7 Å². The number of likely N-dealkylation sites (tertiary alicyclic amines) is 1. The van der Waals surface area contributed by atoms with Crippen LogP contribution in [0.4, 0.5) is 11.8 Å². The summed E-state index contributed by atoms with van der Waals surface area (Å²) in [7, 11) is 0. The van der Waals surface area contributed by atoms with Gasteiger partial charge in [-0.05, 0) is 12.8 Å². The first-order valence-corrected chi connectivity index (χ1v) is 8.03. The van der Waals surface area contributed by atoms with Crippen LogP contribution in [-0.2, 0) is 4.79 Å². The maximum absolute atomic E-state index is 12.7. The summed E-state index contributed by atoms with van der Waals surface area (Å²) in [6, 6.07) is 0.169. The highest BCUT2D eigenvalue weighted by Crippen LogP contribution is 2.41. The lowest BCUT2D eigenvalue weighted by atomic mass is 9.85. The van der Waals surface area contributed by atoms with Gasteiger partial charge in [-0.15, -0.1) is 0 Å². The molecule has 0 radical (unpaired) electrons. The van der Waals surface area contributed by atoms with Crippen molar-refractivity contribution < 1.29 is 4.79 Å². The Hall–Kier alpha value is -2.38. The molecule has 2 aliphatic rings. The SMILES string of the molecule is CC1(C(=O)N2CC(n3cnc4c(N)nc(N)nc43)C2)CCCC1. The maximum atomic E-state index is 12.7. The first kappa shape index (κ1) is 14.2. The van der Waals surface area contributed by atoms with E-state index >= 15 is 0 Å². The van der Waals surface area contributed by atoms with Crippen molar-refractivity contribution in [2.45, 2.75) is 38.6 Å². The summed E-state index contributed by atoms with van der Waals surface area (Å²) in [6.07, 6.45) is 6.02. The van der Waals surface area contributed by atoms with Gasteiger partial charge < -0.3 is 20.9 Å². The van der Waals surface area contributed by atoms with Crippen LogP contribution in [0, 0.1) is 5.41 Å². The number of nitrogens with two attached hydrogens (primary N) is 2. The fraction of sp³-hybridized carbons (Fsp3) is 0.600. The zero-order valence-electron chi connectivity index (χ0n) is 13.2. The van der Waals surface area contributed by atoms with Crippen LogP contribution >= 0.6 is 0 Å². The molecule has 0 unspecified atom stereocenters. The quantitative estimate of drug-likeness (QED) is 0.852. The predicted molar refractivity (Wildman–Crippen MR) is 86.3 cm³/mol. The second kappa shape index (κ2) is 4.81. The lowest BCUT2D eigenvalue weighted by molar-refractivity contribution is -0.147. The van der Waals surface area contributed by atoms with Gasteiger partial charge in [-0.25, -0.2) is 4.98 Å². The van der Waals surface area contributed by atoms with Crippen LogP contribution in [-0.4, -0.2) is 43.4 Å². The summed E-state index contributed by atoms with van der Waals surface area (Å²) in [5.74, 6) is 0.712. The van der Waals surface area contributed by atoms with Crippen LogP contribution in [0.1, 0.15) is 38.6 Å². The number of nitrogens with zero attached hydrogens (tertiary/aromatic N) is 5. The number of carbonyl (C=O) groups is 1. The van der Waals surface area contributed by atoms with E-state index in [2.05, 4.69) is 21.9 Å². The Morgan fingerprint density at radius 2 is 1.96 bits per heavy atom. The molecule has 1 aliphatic heterocycles. The first-order chi connectivity index (χ1) is 11.0. The second-order valence-electron chi connectivity index (χ2n) is 6.92. The number of aromatic nitrogens is 4. The second-order valence-corrected chi connectivity index (χ2v) is 6.92. The van der Waals surface area contributed by atoms with Crippen LogP contribution in [0.25, 0.3) is 11.2 Å². The number of fused-ring (bicyclic) bond motifs is 1. The standard InChI is InChI=1S/C15H21N7O/c1-15(4-2-3-5-15)13(23)21-6-9(7-21)22-8-18-10-11(16)19-14(17)20-12(10)22/h8-9H,2-7H2,1H3,(H4,16,17,19,20). The zero-order valence-corrected chi connectivity index (χ0v) is 13.2. The number of amides is 1. The number of carbonyl (C=O) groups excluding carboxylic acids is 1. The molecule has 2 fully saturated rings. The zero-order chi connectivity index (χ0) is 16.2. The molecular weight excluding hydrogens is 294 g/mol. The summed E-state index contributed by atoms with van der Waals surface area (Å²) >= 11 is 0. The maximum Gasteiger partial charge on any atom is 0.228 e. The third-order valence-electron chi connectivity index (χ3n) is 5.23. The third kappa shape index (κ3) is 2.12. The lowest BCUT2D eigenvalue weighted by Crippen LogP contribution is -2.54. The highest BCUT2D eigenvalue weighted by Gasteiger charge is 2.43. The van der Waals surface area contributed by atoms with E-state index < -0.39 is 0 Å². The molecule has 8 heteroatoms. The fourth-order valence-electron chi connectivity index (χ4n) is 3.77. The van der Waals surface area contributed by atoms with Gasteiger partial charge >= 0.3 is 0 Å². The van der Waals surface area contributed by atoms with Gasteiger partial charge in [-0.3, -0.25) is 4.79 Å². The normalized spacial score (nSPS) is 20.8. The van der Waals surface area contributed by atoms with Crippen molar-refractivity contribution in [1.29, 1.82) is 0 Å². The Kier molecular flexibility index (Phi) is 2.97. The van der Waals surface area contributed by atoms with Crippen molar-refractivity contribution in [2.75, 3.05) is 24.6 Å². The van der Waals surface area contributed by atoms with Crippen LogP contribution in [0.3, 0.4) is 0 Å². The Morgan fingerprint density at radius 1 is 1.26 bits per heavy atom. The lowest BCUT2D eigenvalue weighted by Gasteiger charge is -2.43. The van der Waals surface area contributed by atoms with E-state index in [1.807, 2.05) is 9.47 Å². The molecule has 2 aromatic rings. The predicted octanol–water partition coefficient (Wildman–Crippen LogP) is 0.954. The van der Waals surface area contributed by atoms with Gasteiger partial charge in [0.1, 0.15) is 5.52 Å². The molecule has 0 spiro atoms. The van der Waals surface area contributed by atoms with E-state index in [-0.39, 0.29) is 29.1 Å². The Bertz CT molecular complexity index is 771. The molecule has 8 nitrogen and oxygen atoms in total. The van der Waals surface area contributed by atoms with Crippen molar-refractivity contribution in [3.8, 4) is 0 Å². The third-order valence-corrected chi connectivity index (χ3v) is 5.23. The van der Waals surface area contributed by atoms with Crippen LogP contribution < -0.4 is 11.5 Å². The highest BCUT2D eigenvalue weighted by atomic mass is 16.2. The summed E-state index contributed by atoms with van der Waals surface area (Å²) in [6.45, 7) is 3.46. The average Bonchev–Trinajstić information content (AvgIpc) is 3.05. The van der Waals surface area contributed by atoms with Crippen molar-refractivity contribution in [3.63, 3.8) is 0 Å². The Morgan fingerprint density at radius 3 is 2.65 bits per heavy atom. The largest absolute Gasteiger partial charge is 0.382 e. The molecule has 0 bridgehead atoms. The van der Waals surface area contributed by atoms with Gasteiger partial charge in [0.25, 0.3) is 0 Å². The van der Waals surface area contributed by atoms with Gasteiger partial charge in [0.15, 0.2) is 11.5 Å². The molecule has 1 saturated carbocycles. The van der Waals surface area contributed by atoms with Gasteiger partial charge in [-0.1, -0.05) is 19.8 Å². The minimum absolute atomic E-state index is 0.141. The van der Waals surface area contributed by atoms with E-state index in [9.17, 15) is 4.79 Å². The topological polar surface area (TPSA) is 116 Å². The van der Waals surface area contributed by atoms with Gasteiger partial charge in [0, 0.05) is 18.5 Å². The average molecular weight is 315 g/mol. The molecule has 4 rings (SSSR count). The van der Waals surface area contributed by atoms with Gasteiger partial charge in [0.2, 0.25) is 11.9 Å². The molecule has 0 aromatic carbocycles. The minimum Gasteiger partial charge on any atom is -0.382 e. The van der Waals surface area contributed by atoms with Gasteiger partial charge in [0.05, 0.1) is 12.4 Å². The fourth-order valence-corrected chi connectivity index (χ4v) is 3.77. The Labute approximate surface area is 133 Å². The van der Waals surface area contributed by atoms with Crippen LogP contribution in [0.5, 0.6) is 0 Å². The van der Waals surface area contributed by atoms with Crippen molar-refractivity contribution >= 4 is 28.8 Å². The van der Waals surface area contributed by atoms with Gasteiger partial charge in [-0.2, -0.15) is 9.97 Å². The Balaban J connectivity index is 1.53. The molecular formula is C15H21N7O. The minimum atomic E-state index is -0.168. The number of rotatable bonds is 2. The van der Waals surface area contributed by atoms with E-state index in [4.69, 9.17) is 11.5 Å². The van der Waals surface area contributed by atoms with Crippen molar-refractivity contribution in [3.05, 3.63) is 6.33 Å². The molecule has 3 heterocycles. The summed E-state index contributed by atoms with van der Waals surface area (Å²) in [5.41, 5.74) is 12.5. The van der Waals surface area contributed by atoms with Crippen LogP contribution in [0.15, 0.2) is 6.33 Å². The summed E-state index contributed by atoms with van der Waals surface area (Å²) in [4.78, 5) is 27.1. The molecule has 1 aliphatic carbocycles. The van der Waals surface area contributed by atoms with E-state index in [1.165, 1.54) is 0 Å². The monoisotopic (exact) mass is 315 g/mol. The van der Waals surface area contributed by atoms with E-state index in [1.54, 1.807) is 6.33 Å². The molecule has 4 N–H and O–H groups in total. The molecule has 0 atom stereocenters. The molecule has 1 saturated heterocycles. The van der Waals surface area contributed by atoms with Crippen molar-refractivity contribution in [1.82, 2.24) is 24.4 Å². The molecule has 122 valence electrons. The van der Waals surface area contributed by atoms with Crippen LogP contribution in [0.2, 0.25) is 0 Å². The molecule has 2 aromatic heterocycles. The number of hydrogen-bond acceptors (Lipinski definition) is 6. The van der Waals surface area contributed by atoms with Crippen molar-refractivity contribution in [2.24, 2.45) is 5.41 Å². The number of anilines is 2. The summed E-state index contributed by atoms with van der Waals surface area (Å²) < 4.78 is 1.95. The highest BCUT2D eigenvalue weighted by molar-refractivity contribution is 5.84. The number of hydrogen-bond donors (Lipinski definition) is 2. The molecule has 23 heavy (non-hydrogen) atoms. The smallest absolute Gasteiger partial charge is 0.228 e. The summed E-state index contributed by atoms with van der Waals surface area (Å²) in [5, 5.41) is 0. The number of imidazole rings is 1. The first-order valence-electron chi connectivity index (χ1n) is 8.03. The molecule has 1 amide bonds. The number of nitrogen functional groups attached to an aromatic ring is 2. The van der Waals surface area contributed by atoms with E-state index in [0.29, 0.717) is 24.3 Å².